The van der Waals surface area contributed by atoms with Gasteiger partial charge in [-0.1, -0.05) is 36.4 Å². The molecule has 0 aromatic heterocycles. The average Bonchev–Trinajstić information content (AvgIpc) is 2.68. The lowest BCUT2D eigenvalue weighted by atomic mass is 10.0. The van der Waals surface area contributed by atoms with Crippen molar-refractivity contribution in [3.8, 4) is 0 Å². The Morgan fingerprint density at radius 1 is 1.08 bits per heavy atom. The number of hydrogen-bond acceptors (Lipinski definition) is 3. The van der Waals surface area contributed by atoms with Gasteiger partial charge in [-0.05, 0) is 23.8 Å². The Balaban J connectivity index is 1.77. The van der Waals surface area contributed by atoms with Crippen LogP contribution in [0.15, 0.2) is 54.6 Å². The van der Waals surface area contributed by atoms with E-state index in [2.05, 4.69) is 5.32 Å². The lowest BCUT2D eigenvalue weighted by molar-refractivity contribution is -0.137. The molecule has 6 heteroatoms. The second kappa shape index (κ2) is 8.58. The molecule has 1 fully saturated rings. The van der Waals surface area contributed by atoms with Crippen molar-refractivity contribution in [3.05, 3.63) is 71.5 Å². The molecule has 0 bridgehead atoms. The standard InChI is InChI=1S/C20H21FN2O3/c21-17-8-4-7-16(14-17)19(24)22-18(13-15-5-2-1-3-6-15)20(25)23-9-11-26-12-10-23/h1-8,14,18H,9-13H2,(H,22,24)/t18-/m0/s1. The van der Waals surface area contributed by atoms with Crippen LogP contribution in [-0.4, -0.2) is 49.1 Å². The Bertz CT molecular complexity index is 761. The van der Waals surface area contributed by atoms with E-state index in [-0.39, 0.29) is 11.5 Å². The quantitative estimate of drug-likeness (QED) is 0.892. The van der Waals surface area contributed by atoms with E-state index in [0.29, 0.717) is 32.7 Å². The summed E-state index contributed by atoms with van der Waals surface area (Å²) in [6.45, 7) is 1.98. The first kappa shape index (κ1) is 18.1. The van der Waals surface area contributed by atoms with Gasteiger partial charge in [0.05, 0.1) is 13.2 Å². The topological polar surface area (TPSA) is 58.6 Å². The fraction of sp³-hybridized carbons (Fsp3) is 0.300. The van der Waals surface area contributed by atoms with E-state index in [9.17, 15) is 14.0 Å². The maximum atomic E-state index is 13.4. The van der Waals surface area contributed by atoms with Gasteiger partial charge in [0.25, 0.3) is 5.91 Å². The van der Waals surface area contributed by atoms with Crippen LogP contribution in [0.25, 0.3) is 0 Å². The number of carbonyl (C=O) groups is 2. The minimum Gasteiger partial charge on any atom is -0.378 e. The van der Waals surface area contributed by atoms with Gasteiger partial charge in [0, 0.05) is 25.1 Å². The minimum absolute atomic E-state index is 0.151. The lowest BCUT2D eigenvalue weighted by Crippen LogP contribution is -2.52. The first-order valence-corrected chi connectivity index (χ1v) is 8.60. The van der Waals surface area contributed by atoms with Crippen LogP contribution < -0.4 is 5.32 Å². The summed E-state index contributed by atoms with van der Waals surface area (Å²) >= 11 is 0. The molecule has 0 unspecified atom stereocenters. The molecule has 0 aliphatic carbocycles. The van der Waals surface area contributed by atoms with Gasteiger partial charge in [0.15, 0.2) is 0 Å². The van der Waals surface area contributed by atoms with Crippen LogP contribution >= 0.6 is 0 Å². The summed E-state index contributed by atoms with van der Waals surface area (Å²) in [5, 5.41) is 2.77. The zero-order valence-electron chi connectivity index (χ0n) is 14.4. The molecule has 0 saturated carbocycles. The number of amides is 2. The van der Waals surface area contributed by atoms with Crippen LogP contribution in [0.4, 0.5) is 4.39 Å². The highest BCUT2D eigenvalue weighted by atomic mass is 19.1. The molecule has 1 aliphatic rings. The highest BCUT2D eigenvalue weighted by molar-refractivity contribution is 5.97. The molecular formula is C20H21FN2O3. The summed E-state index contributed by atoms with van der Waals surface area (Å²) in [7, 11) is 0. The molecule has 136 valence electrons. The third kappa shape index (κ3) is 4.67. The van der Waals surface area contributed by atoms with E-state index in [1.165, 1.54) is 18.2 Å². The number of rotatable bonds is 5. The number of ether oxygens (including phenoxy) is 1. The van der Waals surface area contributed by atoms with Crippen molar-refractivity contribution in [1.29, 1.82) is 0 Å². The van der Waals surface area contributed by atoms with E-state index in [4.69, 9.17) is 4.74 Å². The van der Waals surface area contributed by atoms with E-state index < -0.39 is 17.8 Å². The zero-order valence-corrected chi connectivity index (χ0v) is 14.4. The Morgan fingerprint density at radius 3 is 2.50 bits per heavy atom. The number of halogens is 1. The molecule has 0 radical (unpaired) electrons. The van der Waals surface area contributed by atoms with Gasteiger partial charge in [0.1, 0.15) is 11.9 Å². The van der Waals surface area contributed by atoms with E-state index in [1.54, 1.807) is 4.90 Å². The predicted molar refractivity (Wildman–Crippen MR) is 95.2 cm³/mol. The van der Waals surface area contributed by atoms with Crippen molar-refractivity contribution in [2.24, 2.45) is 0 Å². The molecule has 1 heterocycles. The highest BCUT2D eigenvalue weighted by Gasteiger charge is 2.27. The summed E-state index contributed by atoms with van der Waals surface area (Å²) in [6, 6.07) is 14.2. The Hall–Kier alpha value is -2.73. The number of hydrogen-bond donors (Lipinski definition) is 1. The molecule has 3 rings (SSSR count). The van der Waals surface area contributed by atoms with Gasteiger partial charge >= 0.3 is 0 Å². The number of morpholine rings is 1. The predicted octanol–water partition coefficient (Wildman–Crippen LogP) is 2.03. The molecule has 1 atom stereocenters. The largest absolute Gasteiger partial charge is 0.378 e. The number of carbonyl (C=O) groups excluding carboxylic acids is 2. The number of nitrogens with one attached hydrogen (secondary N) is 1. The van der Waals surface area contributed by atoms with Crippen LogP contribution in [0.5, 0.6) is 0 Å². The molecule has 26 heavy (non-hydrogen) atoms. The summed E-state index contributed by atoms with van der Waals surface area (Å²) in [6.07, 6.45) is 0.373. The third-order valence-electron chi connectivity index (χ3n) is 4.30. The van der Waals surface area contributed by atoms with Gasteiger partial charge in [-0.2, -0.15) is 0 Å². The lowest BCUT2D eigenvalue weighted by Gasteiger charge is -2.31. The Labute approximate surface area is 151 Å². The molecule has 1 aliphatic heterocycles. The van der Waals surface area contributed by atoms with Crippen molar-refractivity contribution < 1.29 is 18.7 Å². The monoisotopic (exact) mass is 356 g/mol. The third-order valence-corrected chi connectivity index (χ3v) is 4.30. The summed E-state index contributed by atoms with van der Waals surface area (Å²) in [5.74, 6) is -1.11. The van der Waals surface area contributed by atoms with Crippen molar-refractivity contribution in [1.82, 2.24) is 10.2 Å². The first-order chi connectivity index (χ1) is 12.6. The SMILES string of the molecule is O=C(N[C@@H](Cc1ccccc1)C(=O)N1CCOCC1)c1cccc(F)c1. The van der Waals surface area contributed by atoms with Crippen LogP contribution in [0.2, 0.25) is 0 Å². The van der Waals surface area contributed by atoms with E-state index in [0.717, 1.165) is 11.6 Å². The van der Waals surface area contributed by atoms with Crippen molar-refractivity contribution >= 4 is 11.8 Å². The molecular weight excluding hydrogens is 335 g/mol. The van der Waals surface area contributed by atoms with Gasteiger partial charge in [-0.3, -0.25) is 9.59 Å². The van der Waals surface area contributed by atoms with Gasteiger partial charge in [0.2, 0.25) is 5.91 Å². The Morgan fingerprint density at radius 2 is 1.81 bits per heavy atom. The normalized spacial score (nSPS) is 15.3. The second-order valence-electron chi connectivity index (χ2n) is 6.16. The fourth-order valence-electron chi connectivity index (χ4n) is 2.93. The molecule has 1 saturated heterocycles. The van der Waals surface area contributed by atoms with Crippen LogP contribution in [0.1, 0.15) is 15.9 Å². The second-order valence-corrected chi connectivity index (χ2v) is 6.16. The minimum atomic E-state index is -0.716. The molecule has 5 nitrogen and oxygen atoms in total. The summed E-state index contributed by atoms with van der Waals surface area (Å²) in [4.78, 5) is 27.1. The van der Waals surface area contributed by atoms with Crippen LogP contribution in [0.3, 0.4) is 0 Å². The Kier molecular flexibility index (Phi) is 5.96. The van der Waals surface area contributed by atoms with Crippen molar-refractivity contribution in [2.45, 2.75) is 12.5 Å². The zero-order chi connectivity index (χ0) is 18.4. The fourth-order valence-corrected chi connectivity index (χ4v) is 2.93. The van der Waals surface area contributed by atoms with Crippen LogP contribution in [0, 0.1) is 5.82 Å². The maximum Gasteiger partial charge on any atom is 0.252 e. The molecule has 1 N–H and O–H groups in total. The number of nitrogens with zero attached hydrogens (tertiary/aromatic N) is 1. The molecule has 2 aromatic carbocycles. The smallest absolute Gasteiger partial charge is 0.252 e. The van der Waals surface area contributed by atoms with Gasteiger partial charge in [-0.15, -0.1) is 0 Å². The molecule has 2 aromatic rings. The van der Waals surface area contributed by atoms with E-state index >= 15 is 0 Å². The molecule has 2 amide bonds. The van der Waals surface area contributed by atoms with Gasteiger partial charge < -0.3 is 15.0 Å². The van der Waals surface area contributed by atoms with Crippen molar-refractivity contribution in [2.75, 3.05) is 26.3 Å². The maximum absolute atomic E-state index is 13.4. The number of benzene rings is 2. The first-order valence-electron chi connectivity index (χ1n) is 8.60. The summed E-state index contributed by atoms with van der Waals surface area (Å²) in [5.41, 5.74) is 1.14. The van der Waals surface area contributed by atoms with Crippen molar-refractivity contribution in [3.63, 3.8) is 0 Å². The van der Waals surface area contributed by atoms with Gasteiger partial charge in [-0.25, -0.2) is 4.39 Å². The van der Waals surface area contributed by atoms with Crippen LogP contribution in [-0.2, 0) is 16.0 Å². The molecule has 0 spiro atoms. The summed E-state index contributed by atoms with van der Waals surface area (Å²) < 4.78 is 18.7. The van der Waals surface area contributed by atoms with E-state index in [1.807, 2.05) is 30.3 Å². The average molecular weight is 356 g/mol. The highest BCUT2D eigenvalue weighted by Crippen LogP contribution is 2.10.